The van der Waals surface area contributed by atoms with Crippen molar-refractivity contribution in [2.75, 3.05) is 13.1 Å². The molecule has 0 saturated heterocycles. The fourth-order valence-electron chi connectivity index (χ4n) is 2.14. The van der Waals surface area contributed by atoms with Crippen LogP contribution in [0.25, 0.3) is 0 Å². The summed E-state index contributed by atoms with van der Waals surface area (Å²) in [6.45, 7) is 9.69. The normalized spacial score (nSPS) is 12.9. The summed E-state index contributed by atoms with van der Waals surface area (Å²) >= 11 is 0. The zero-order chi connectivity index (χ0) is 12.5. The average molecular weight is 238 g/mol. The van der Waals surface area contributed by atoms with Crippen LogP contribution in [0, 0.1) is 5.92 Å². The van der Waals surface area contributed by atoms with Gasteiger partial charge >= 0.3 is 0 Å². The summed E-state index contributed by atoms with van der Waals surface area (Å²) in [5.41, 5.74) is 0. The van der Waals surface area contributed by atoms with Gasteiger partial charge in [0, 0.05) is 13.0 Å². The minimum atomic E-state index is 0.682. The Labute approximate surface area is 105 Å². The highest BCUT2D eigenvalue weighted by atomic mass is 15.3. The molecular formula is C13H26N4. The third-order valence-corrected chi connectivity index (χ3v) is 3.02. The van der Waals surface area contributed by atoms with Gasteiger partial charge in [-0.2, -0.15) is 5.10 Å². The lowest BCUT2D eigenvalue weighted by molar-refractivity contribution is 0.420. The van der Waals surface area contributed by atoms with Crippen molar-refractivity contribution in [2.24, 2.45) is 5.92 Å². The number of aryl methyl sites for hydroxylation is 1. The van der Waals surface area contributed by atoms with Gasteiger partial charge in [0.15, 0.2) is 0 Å². The first-order chi connectivity index (χ1) is 8.31. The first-order valence-corrected chi connectivity index (χ1v) is 6.89. The van der Waals surface area contributed by atoms with E-state index in [1.807, 2.05) is 4.68 Å². The molecule has 0 aromatic carbocycles. The van der Waals surface area contributed by atoms with Crippen molar-refractivity contribution >= 4 is 0 Å². The van der Waals surface area contributed by atoms with Crippen molar-refractivity contribution in [3.05, 3.63) is 12.2 Å². The molecule has 4 heteroatoms. The average Bonchev–Trinajstić information content (AvgIpc) is 2.77. The van der Waals surface area contributed by atoms with E-state index in [0.29, 0.717) is 5.92 Å². The smallest absolute Gasteiger partial charge is 0.138 e. The number of hydrogen-bond donors (Lipinski definition) is 1. The molecule has 0 aliphatic heterocycles. The largest absolute Gasteiger partial charge is 0.316 e. The van der Waals surface area contributed by atoms with Crippen molar-refractivity contribution in [1.82, 2.24) is 20.1 Å². The van der Waals surface area contributed by atoms with Crippen molar-refractivity contribution in [1.29, 1.82) is 0 Å². The number of hydrogen-bond acceptors (Lipinski definition) is 3. The highest BCUT2D eigenvalue weighted by molar-refractivity contribution is 4.87. The van der Waals surface area contributed by atoms with Crippen LogP contribution in [0.1, 0.15) is 45.9 Å². The van der Waals surface area contributed by atoms with Gasteiger partial charge in [-0.3, -0.25) is 4.68 Å². The third kappa shape index (κ3) is 4.86. The maximum Gasteiger partial charge on any atom is 0.138 e. The molecule has 1 heterocycles. The second kappa shape index (κ2) is 8.23. The first kappa shape index (κ1) is 14.2. The molecule has 1 aromatic heterocycles. The third-order valence-electron chi connectivity index (χ3n) is 3.02. The molecule has 0 fully saturated rings. The topological polar surface area (TPSA) is 42.7 Å². The van der Waals surface area contributed by atoms with Crippen LogP contribution in [0.4, 0.5) is 0 Å². The Morgan fingerprint density at radius 3 is 2.76 bits per heavy atom. The Hall–Kier alpha value is -0.900. The molecule has 98 valence electrons. The molecule has 17 heavy (non-hydrogen) atoms. The van der Waals surface area contributed by atoms with Crippen LogP contribution >= 0.6 is 0 Å². The SMILES string of the molecule is CCCNCC(CCC)Cc1ncnn1CC. The molecule has 1 unspecified atom stereocenters. The van der Waals surface area contributed by atoms with Crippen LogP contribution in [0.5, 0.6) is 0 Å². The van der Waals surface area contributed by atoms with Crippen molar-refractivity contribution in [3.8, 4) is 0 Å². The predicted molar refractivity (Wildman–Crippen MR) is 71.0 cm³/mol. The molecule has 0 aliphatic carbocycles. The summed E-state index contributed by atoms with van der Waals surface area (Å²) in [6, 6.07) is 0. The summed E-state index contributed by atoms with van der Waals surface area (Å²) in [5, 5.41) is 7.74. The number of nitrogens with one attached hydrogen (secondary N) is 1. The second-order valence-corrected chi connectivity index (χ2v) is 4.55. The van der Waals surface area contributed by atoms with Crippen LogP contribution in [-0.2, 0) is 13.0 Å². The van der Waals surface area contributed by atoms with E-state index in [1.165, 1.54) is 19.3 Å². The number of rotatable bonds is 9. The lowest BCUT2D eigenvalue weighted by atomic mass is 9.99. The molecule has 1 N–H and O–H groups in total. The lowest BCUT2D eigenvalue weighted by Gasteiger charge is -2.16. The van der Waals surface area contributed by atoms with Crippen LogP contribution in [0.3, 0.4) is 0 Å². The van der Waals surface area contributed by atoms with E-state index in [1.54, 1.807) is 6.33 Å². The molecule has 0 spiro atoms. The Morgan fingerprint density at radius 1 is 1.29 bits per heavy atom. The molecule has 1 atom stereocenters. The van der Waals surface area contributed by atoms with E-state index in [4.69, 9.17) is 0 Å². The molecule has 0 bridgehead atoms. The van der Waals surface area contributed by atoms with Crippen molar-refractivity contribution in [3.63, 3.8) is 0 Å². The Balaban J connectivity index is 2.47. The van der Waals surface area contributed by atoms with Crippen LogP contribution in [0.15, 0.2) is 6.33 Å². The highest BCUT2D eigenvalue weighted by Crippen LogP contribution is 2.11. The number of aromatic nitrogens is 3. The molecule has 1 rings (SSSR count). The van der Waals surface area contributed by atoms with Gasteiger partial charge in [0.1, 0.15) is 12.2 Å². The van der Waals surface area contributed by atoms with Crippen molar-refractivity contribution in [2.45, 2.75) is 53.0 Å². The summed E-state index contributed by atoms with van der Waals surface area (Å²) in [4.78, 5) is 4.36. The minimum Gasteiger partial charge on any atom is -0.316 e. The van der Waals surface area contributed by atoms with Crippen LogP contribution < -0.4 is 5.32 Å². The highest BCUT2D eigenvalue weighted by Gasteiger charge is 2.12. The van der Waals surface area contributed by atoms with Gasteiger partial charge in [-0.15, -0.1) is 0 Å². The fourth-order valence-corrected chi connectivity index (χ4v) is 2.14. The molecule has 0 amide bonds. The zero-order valence-electron chi connectivity index (χ0n) is 11.4. The summed E-state index contributed by atoms with van der Waals surface area (Å²) in [7, 11) is 0. The fraction of sp³-hybridized carbons (Fsp3) is 0.846. The summed E-state index contributed by atoms with van der Waals surface area (Å²) in [6.07, 6.45) is 6.40. The zero-order valence-corrected chi connectivity index (χ0v) is 11.4. The van der Waals surface area contributed by atoms with Gasteiger partial charge in [-0.25, -0.2) is 4.98 Å². The molecule has 0 saturated carbocycles. The van der Waals surface area contributed by atoms with Crippen LogP contribution in [0.2, 0.25) is 0 Å². The molecule has 4 nitrogen and oxygen atoms in total. The molecular weight excluding hydrogens is 212 g/mol. The lowest BCUT2D eigenvalue weighted by Crippen LogP contribution is -2.26. The van der Waals surface area contributed by atoms with E-state index in [2.05, 4.69) is 36.2 Å². The van der Waals surface area contributed by atoms with Crippen LogP contribution in [-0.4, -0.2) is 27.9 Å². The van der Waals surface area contributed by atoms with Gasteiger partial charge in [0.2, 0.25) is 0 Å². The monoisotopic (exact) mass is 238 g/mol. The molecule has 0 aliphatic rings. The maximum atomic E-state index is 4.36. The Kier molecular flexibility index (Phi) is 6.86. The van der Waals surface area contributed by atoms with Gasteiger partial charge in [-0.1, -0.05) is 20.3 Å². The summed E-state index contributed by atoms with van der Waals surface area (Å²) < 4.78 is 2.00. The second-order valence-electron chi connectivity index (χ2n) is 4.55. The standard InChI is InChI=1S/C13H26N4/c1-4-7-12(10-14-8-5-2)9-13-15-11-16-17(13)6-3/h11-12,14H,4-10H2,1-3H3. The Bertz CT molecular complexity index is 295. The molecule has 1 aromatic rings. The van der Waals surface area contributed by atoms with Gasteiger partial charge in [0.05, 0.1) is 0 Å². The molecule has 0 radical (unpaired) electrons. The van der Waals surface area contributed by atoms with E-state index in [-0.39, 0.29) is 0 Å². The van der Waals surface area contributed by atoms with E-state index in [0.717, 1.165) is 31.9 Å². The maximum absolute atomic E-state index is 4.36. The summed E-state index contributed by atoms with van der Waals surface area (Å²) in [5.74, 6) is 1.81. The van der Waals surface area contributed by atoms with E-state index in [9.17, 15) is 0 Å². The Morgan fingerprint density at radius 2 is 2.12 bits per heavy atom. The van der Waals surface area contributed by atoms with Gasteiger partial charge in [0.25, 0.3) is 0 Å². The quantitative estimate of drug-likeness (QED) is 0.671. The van der Waals surface area contributed by atoms with Gasteiger partial charge in [-0.05, 0) is 38.8 Å². The number of nitrogens with zero attached hydrogens (tertiary/aromatic N) is 3. The van der Waals surface area contributed by atoms with E-state index >= 15 is 0 Å². The van der Waals surface area contributed by atoms with Gasteiger partial charge < -0.3 is 5.32 Å². The predicted octanol–water partition coefficient (Wildman–Crippen LogP) is 2.26. The first-order valence-electron chi connectivity index (χ1n) is 6.89. The van der Waals surface area contributed by atoms with Crippen molar-refractivity contribution < 1.29 is 0 Å². The minimum absolute atomic E-state index is 0.682. The van der Waals surface area contributed by atoms with E-state index < -0.39 is 0 Å².